The minimum atomic E-state index is -0.0156. The standard InChI is InChI=1S/C23H30N4O/c28-23(24-21-11-13-26(17-21)15-19-7-3-1-4-8-19)25-22-12-14-27(18-22)16-20-9-5-2-6-10-20/h1-10,21-22H,11-18H2,(H2,24,25,28)/t21-,22+. The molecule has 2 saturated heterocycles. The summed E-state index contributed by atoms with van der Waals surface area (Å²) >= 11 is 0. The Labute approximate surface area is 167 Å². The van der Waals surface area contributed by atoms with E-state index in [0.29, 0.717) is 0 Å². The number of hydrogen-bond acceptors (Lipinski definition) is 3. The predicted octanol–water partition coefficient (Wildman–Crippen LogP) is 2.83. The lowest BCUT2D eigenvalue weighted by molar-refractivity contribution is 0.231. The summed E-state index contributed by atoms with van der Waals surface area (Å²) in [6.45, 7) is 5.83. The molecule has 0 radical (unpaired) electrons. The molecule has 148 valence electrons. The minimum Gasteiger partial charge on any atom is -0.334 e. The predicted molar refractivity (Wildman–Crippen MR) is 112 cm³/mol. The zero-order valence-electron chi connectivity index (χ0n) is 16.4. The van der Waals surface area contributed by atoms with Gasteiger partial charge in [0.25, 0.3) is 0 Å². The highest BCUT2D eigenvalue weighted by Crippen LogP contribution is 2.15. The van der Waals surface area contributed by atoms with Crippen LogP contribution in [0.3, 0.4) is 0 Å². The maximum atomic E-state index is 12.4. The minimum absolute atomic E-state index is 0.0156. The first-order chi connectivity index (χ1) is 13.7. The highest BCUT2D eigenvalue weighted by molar-refractivity contribution is 5.74. The van der Waals surface area contributed by atoms with Gasteiger partial charge in [-0.05, 0) is 24.0 Å². The normalized spacial score (nSPS) is 23.0. The Balaban J connectivity index is 1.17. The molecule has 4 rings (SSSR count). The van der Waals surface area contributed by atoms with Gasteiger partial charge >= 0.3 is 6.03 Å². The lowest BCUT2D eigenvalue weighted by atomic mass is 10.2. The van der Waals surface area contributed by atoms with Crippen LogP contribution in [-0.2, 0) is 13.1 Å². The Kier molecular flexibility index (Phi) is 6.24. The van der Waals surface area contributed by atoms with Crippen molar-refractivity contribution in [2.45, 2.75) is 38.0 Å². The summed E-state index contributed by atoms with van der Waals surface area (Å²) in [5.41, 5.74) is 2.66. The van der Waals surface area contributed by atoms with E-state index in [1.165, 1.54) is 11.1 Å². The van der Waals surface area contributed by atoms with Crippen molar-refractivity contribution in [3.05, 3.63) is 71.8 Å². The van der Waals surface area contributed by atoms with Crippen LogP contribution in [0.2, 0.25) is 0 Å². The van der Waals surface area contributed by atoms with Gasteiger partial charge in [0.05, 0.1) is 0 Å². The van der Waals surface area contributed by atoms with E-state index in [1.807, 2.05) is 12.1 Å². The van der Waals surface area contributed by atoms with E-state index in [1.54, 1.807) is 0 Å². The van der Waals surface area contributed by atoms with Gasteiger partial charge < -0.3 is 10.6 Å². The smallest absolute Gasteiger partial charge is 0.315 e. The van der Waals surface area contributed by atoms with Gasteiger partial charge in [0, 0.05) is 51.4 Å². The number of hydrogen-bond donors (Lipinski definition) is 2. The zero-order valence-corrected chi connectivity index (χ0v) is 16.4. The fraction of sp³-hybridized carbons (Fsp3) is 0.435. The molecule has 2 heterocycles. The van der Waals surface area contributed by atoms with Gasteiger partial charge in [0.15, 0.2) is 0 Å². The van der Waals surface area contributed by atoms with Crippen molar-refractivity contribution < 1.29 is 4.79 Å². The zero-order chi connectivity index (χ0) is 19.2. The number of likely N-dealkylation sites (tertiary alicyclic amines) is 2. The van der Waals surface area contributed by atoms with Gasteiger partial charge in [0.1, 0.15) is 0 Å². The fourth-order valence-corrected chi connectivity index (χ4v) is 4.28. The molecule has 2 aliphatic heterocycles. The lowest BCUT2D eigenvalue weighted by Crippen LogP contribution is -2.47. The van der Waals surface area contributed by atoms with Crippen LogP contribution >= 0.6 is 0 Å². The van der Waals surface area contributed by atoms with E-state index < -0.39 is 0 Å². The third-order valence-electron chi connectivity index (χ3n) is 5.71. The van der Waals surface area contributed by atoms with E-state index in [2.05, 4.69) is 69.0 Å². The second-order valence-corrected chi connectivity index (χ2v) is 8.03. The van der Waals surface area contributed by atoms with Gasteiger partial charge in [-0.3, -0.25) is 9.80 Å². The van der Waals surface area contributed by atoms with Gasteiger partial charge in [0.2, 0.25) is 0 Å². The molecule has 0 aromatic heterocycles. The molecule has 5 nitrogen and oxygen atoms in total. The van der Waals surface area contributed by atoms with Crippen molar-refractivity contribution in [1.29, 1.82) is 0 Å². The third kappa shape index (κ3) is 5.33. The average molecular weight is 379 g/mol. The van der Waals surface area contributed by atoms with E-state index in [0.717, 1.165) is 52.1 Å². The Morgan fingerprint density at radius 2 is 1.18 bits per heavy atom. The summed E-state index contributed by atoms with van der Waals surface area (Å²) < 4.78 is 0. The highest BCUT2D eigenvalue weighted by atomic mass is 16.2. The molecule has 0 unspecified atom stereocenters. The third-order valence-corrected chi connectivity index (χ3v) is 5.71. The quantitative estimate of drug-likeness (QED) is 0.813. The molecular weight excluding hydrogens is 348 g/mol. The van der Waals surface area contributed by atoms with Crippen molar-refractivity contribution in [3.63, 3.8) is 0 Å². The molecule has 2 N–H and O–H groups in total. The number of benzene rings is 2. The molecule has 2 aliphatic rings. The van der Waals surface area contributed by atoms with E-state index in [9.17, 15) is 4.79 Å². The summed E-state index contributed by atoms with van der Waals surface area (Å²) in [6.07, 6.45) is 2.04. The summed E-state index contributed by atoms with van der Waals surface area (Å²) in [6, 6.07) is 21.5. The van der Waals surface area contributed by atoms with Gasteiger partial charge in [-0.25, -0.2) is 4.79 Å². The second-order valence-electron chi connectivity index (χ2n) is 8.03. The van der Waals surface area contributed by atoms with E-state index in [-0.39, 0.29) is 18.1 Å². The maximum Gasteiger partial charge on any atom is 0.315 e. The van der Waals surface area contributed by atoms with Crippen molar-refractivity contribution in [2.75, 3.05) is 26.2 Å². The molecular formula is C23H30N4O. The largest absolute Gasteiger partial charge is 0.334 e. The van der Waals surface area contributed by atoms with Crippen LogP contribution in [0.5, 0.6) is 0 Å². The number of carbonyl (C=O) groups excluding carboxylic acids is 1. The van der Waals surface area contributed by atoms with Crippen LogP contribution < -0.4 is 10.6 Å². The Bertz CT molecular complexity index is 688. The molecule has 2 amide bonds. The molecule has 0 spiro atoms. The fourth-order valence-electron chi connectivity index (χ4n) is 4.28. The Hall–Kier alpha value is -2.37. The summed E-state index contributed by atoms with van der Waals surface area (Å²) in [7, 11) is 0. The van der Waals surface area contributed by atoms with Crippen LogP contribution in [0.1, 0.15) is 24.0 Å². The summed E-state index contributed by atoms with van der Waals surface area (Å²) in [5.74, 6) is 0. The van der Waals surface area contributed by atoms with E-state index in [4.69, 9.17) is 0 Å². The Morgan fingerprint density at radius 3 is 1.61 bits per heavy atom. The van der Waals surface area contributed by atoms with Crippen LogP contribution in [0.4, 0.5) is 4.79 Å². The van der Waals surface area contributed by atoms with Crippen molar-refractivity contribution in [3.8, 4) is 0 Å². The topological polar surface area (TPSA) is 47.6 Å². The van der Waals surface area contributed by atoms with Crippen LogP contribution in [0, 0.1) is 0 Å². The summed E-state index contributed by atoms with van der Waals surface area (Å²) in [5, 5.41) is 6.35. The lowest BCUT2D eigenvalue weighted by Gasteiger charge is -2.19. The molecule has 2 aromatic rings. The highest BCUT2D eigenvalue weighted by Gasteiger charge is 2.27. The Morgan fingerprint density at radius 1 is 0.750 bits per heavy atom. The number of nitrogens with zero attached hydrogens (tertiary/aromatic N) is 2. The number of urea groups is 1. The molecule has 2 aromatic carbocycles. The van der Waals surface area contributed by atoms with Gasteiger partial charge in [-0.2, -0.15) is 0 Å². The molecule has 5 heteroatoms. The van der Waals surface area contributed by atoms with Crippen LogP contribution in [0.15, 0.2) is 60.7 Å². The summed E-state index contributed by atoms with van der Waals surface area (Å²) in [4.78, 5) is 17.3. The number of amides is 2. The number of carbonyl (C=O) groups is 1. The maximum absolute atomic E-state index is 12.4. The van der Waals surface area contributed by atoms with E-state index >= 15 is 0 Å². The average Bonchev–Trinajstić information content (AvgIpc) is 3.33. The second kappa shape index (κ2) is 9.22. The molecule has 0 bridgehead atoms. The van der Waals surface area contributed by atoms with Gasteiger partial charge in [-0.1, -0.05) is 60.7 Å². The van der Waals surface area contributed by atoms with Crippen molar-refractivity contribution in [1.82, 2.24) is 20.4 Å². The van der Waals surface area contributed by atoms with Crippen molar-refractivity contribution in [2.24, 2.45) is 0 Å². The molecule has 2 fully saturated rings. The molecule has 2 atom stereocenters. The first kappa shape index (κ1) is 19.0. The SMILES string of the molecule is O=C(N[C@@H]1CCN(Cc2ccccc2)C1)N[C@H]1CCN(Cc2ccccc2)C1. The molecule has 28 heavy (non-hydrogen) atoms. The van der Waals surface area contributed by atoms with Crippen molar-refractivity contribution >= 4 is 6.03 Å². The first-order valence-electron chi connectivity index (χ1n) is 10.3. The molecule has 0 aliphatic carbocycles. The number of rotatable bonds is 6. The van der Waals surface area contributed by atoms with Crippen LogP contribution in [0.25, 0.3) is 0 Å². The van der Waals surface area contributed by atoms with Gasteiger partial charge in [-0.15, -0.1) is 0 Å². The van der Waals surface area contributed by atoms with Crippen LogP contribution in [-0.4, -0.2) is 54.1 Å². The number of nitrogens with one attached hydrogen (secondary N) is 2. The molecule has 0 saturated carbocycles. The monoisotopic (exact) mass is 378 g/mol. The first-order valence-corrected chi connectivity index (χ1v) is 10.3.